The summed E-state index contributed by atoms with van der Waals surface area (Å²) in [6.07, 6.45) is 12.5. The molecule has 1 aromatic carbocycles. The van der Waals surface area contributed by atoms with Crippen molar-refractivity contribution in [2.75, 3.05) is 12.3 Å². The minimum Gasteiger partial charge on any atom is -0.508 e. The number of nitrogen functional groups attached to an aromatic ring is 1. The largest absolute Gasteiger partial charge is 0.508 e. The number of hydrogen-bond donors (Lipinski definition) is 5. The summed E-state index contributed by atoms with van der Waals surface area (Å²) in [6, 6.07) is 5.96. The van der Waals surface area contributed by atoms with E-state index in [2.05, 4.69) is 27.9 Å². The lowest BCUT2D eigenvalue weighted by atomic mass is 9.55. The van der Waals surface area contributed by atoms with Gasteiger partial charge in [-0.05, 0) is 97.3 Å². The maximum absolute atomic E-state index is 12.4. The number of nitrogens with zero attached hydrogens (tertiary/aromatic N) is 4. The van der Waals surface area contributed by atoms with Crippen LogP contribution in [-0.4, -0.2) is 76.9 Å². The highest BCUT2D eigenvalue weighted by Crippen LogP contribution is 2.62. The maximum Gasteiger partial charge on any atom is 0.305 e. The van der Waals surface area contributed by atoms with Crippen LogP contribution in [0.25, 0.3) is 11.2 Å². The summed E-state index contributed by atoms with van der Waals surface area (Å²) < 4.78 is 12.7. The summed E-state index contributed by atoms with van der Waals surface area (Å²) in [5, 5.41) is 42.6. The molecule has 272 valence electrons. The predicted molar refractivity (Wildman–Crippen MR) is 186 cm³/mol. The molecule has 12 nitrogen and oxygen atoms in total. The van der Waals surface area contributed by atoms with Gasteiger partial charge >= 0.3 is 5.97 Å². The number of carbonyl (C=O) groups excluding carboxylic acids is 1. The molecule has 2 saturated carbocycles. The van der Waals surface area contributed by atoms with E-state index < -0.39 is 24.5 Å². The highest BCUT2D eigenvalue weighted by Gasteiger charge is 2.57. The number of unbranched alkanes of at least 4 members (excludes halogenated alkanes) is 6. The zero-order chi connectivity index (χ0) is 35.0. The van der Waals surface area contributed by atoms with Gasteiger partial charge in [-0.1, -0.05) is 51.5 Å². The first kappa shape index (κ1) is 35.1. The molecule has 50 heavy (non-hydrogen) atoms. The smallest absolute Gasteiger partial charge is 0.305 e. The number of benzene rings is 1. The van der Waals surface area contributed by atoms with Gasteiger partial charge in [-0.2, -0.15) is 0 Å². The van der Waals surface area contributed by atoms with Crippen LogP contribution in [0.4, 0.5) is 5.82 Å². The molecule has 0 unspecified atom stereocenters. The number of esters is 1. The number of aromatic hydroxyl groups is 1. The number of aliphatic hydroxyl groups is 3. The maximum atomic E-state index is 12.4. The predicted octanol–water partition coefficient (Wildman–Crippen LogP) is 4.93. The molecule has 2 aromatic heterocycles. The molecule has 6 N–H and O–H groups in total. The lowest BCUT2D eigenvalue weighted by molar-refractivity contribution is -0.150. The van der Waals surface area contributed by atoms with Crippen molar-refractivity contribution in [2.24, 2.45) is 23.2 Å². The Hall–Kier alpha value is -3.32. The van der Waals surface area contributed by atoms with Crippen LogP contribution in [0.2, 0.25) is 0 Å². The van der Waals surface area contributed by atoms with Crippen LogP contribution >= 0.6 is 0 Å². The minimum atomic E-state index is -1.26. The molecule has 0 spiro atoms. The number of aliphatic hydroxyl groups excluding tert-OH is 3. The molecule has 0 radical (unpaired) electrons. The van der Waals surface area contributed by atoms with Crippen molar-refractivity contribution in [1.29, 1.82) is 0 Å². The number of nitrogens with two attached hydrogens (primary N) is 1. The summed E-state index contributed by atoms with van der Waals surface area (Å²) in [5.41, 5.74) is 9.38. The Bertz CT molecular complexity index is 1650. The first-order valence-electron chi connectivity index (χ1n) is 18.8. The SMILES string of the molecule is C[C@]12CC[C@@H]3c4ccc(O)cc4CC[C@H]3[C@@H]1C[C@H](CCCCCCCCCC(=O)OC[C@H]1O[C@@H](n3cnc4c(N)ncnc43)[C@H](O)[C@@H]1O)[C@@H]2O. The van der Waals surface area contributed by atoms with Crippen LogP contribution in [0.15, 0.2) is 30.9 Å². The summed E-state index contributed by atoms with van der Waals surface area (Å²) >= 11 is 0. The first-order chi connectivity index (χ1) is 24.2. The van der Waals surface area contributed by atoms with E-state index in [4.69, 9.17) is 15.2 Å². The second kappa shape index (κ2) is 14.7. The second-order valence-corrected chi connectivity index (χ2v) is 15.6. The molecular formula is C38H53N5O7. The normalized spacial score (nSPS) is 33.2. The Morgan fingerprint density at radius 2 is 1.82 bits per heavy atom. The monoisotopic (exact) mass is 691 g/mol. The molecule has 0 bridgehead atoms. The van der Waals surface area contributed by atoms with Gasteiger partial charge in [0, 0.05) is 6.42 Å². The van der Waals surface area contributed by atoms with Gasteiger partial charge in [0.05, 0.1) is 12.4 Å². The summed E-state index contributed by atoms with van der Waals surface area (Å²) in [4.78, 5) is 24.7. The number of aromatic nitrogens is 4. The average Bonchev–Trinajstić information content (AvgIpc) is 3.74. The molecule has 1 aliphatic heterocycles. The van der Waals surface area contributed by atoms with E-state index in [1.54, 1.807) is 0 Å². The van der Waals surface area contributed by atoms with Crippen molar-refractivity contribution in [1.82, 2.24) is 19.5 Å². The Balaban J connectivity index is 0.764. The quantitative estimate of drug-likeness (QED) is 0.121. The number of phenols is 1. The number of fused-ring (bicyclic) bond motifs is 6. The topological polar surface area (TPSA) is 186 Å². The van der Waals surface area contributed by atoms with Crippen molar-refractivity contribution in [3.63, 3.8) is 0 Å². The second-order valence-electron chi connectivity index (χ2n) is 15.6. The molecule has 7 rings (SSSR count). The third-order valence-corrected chi connectivity index (χ3v) is 12.7. The number of hydrogen-bond acceptors (Lipinski definition) is 11. The van der Waals surface area contributed by atoms with Gasteiger partial charge < -0.3 is 35.6 Å². The summed E-state index contributed by atoms with van der Waals surface area (Å²) in [7, 11) is 0. The standard InChI is InChI=1S/C38H53N5O7/c1-38-16-15-26-25-14-12-24(44)17-22(25)11-13-27(26)28(38)18-23(34(38)48)9-7-5-3-2-4-6-8-10-30(45)49-19-29-32(46)33(47)37(50-29)43-21-42-31-35(39)40-20-41-36(31)43/h12,14,17,20-21,23,26-29,32-34,37,44,46-48H,2-11,13,15-16,18-19H2,1H3,(H2,39,40,41)/t23-,26+,27+,28-,29+,32+,33+,34-,37+,38-/m0/s1. The zero-order valence-electron chi connectivity index (χ0n) is 29.1. The number of carbonyl (C=O) groups is 1. The van der Waals surface area contributed by atoms with Gasteiger partial charge in [0.25, 0.3) is 0 Å². The van der Waals surface area contributed by atoms with E-state index in [0.29, 0.717) is 47.0 Å². The number of anilines is 1. The molecule has 1 saturated heterocycles. The Morgan fingerprint density at radius 1 is 1.04 bits per heavy atom. The van der Waals surface area contributed by atoms with E-state index in [9.17, 15) is 25.2 Å². The van der Waals surface area contributed by atoms with Crippen LogP contribution < -0.4 is 5.73 Å². The van der Waals surface area contributed by atoms with E-state index in [-0.39, 0.29) is 29.9 Å². The molecule has 3 heterocycles. The van der Waals surface area contributed by atoms with E-state index in [1.807, 2.05) is 12.1 Å². The highest BCUT2D eigenvalue weighted by molar-refractivity contribution is 5.81. The van der Waals surface area contributed by atoms with Gasteiger partial charge in [-0.25, -0.2) is 15.0 Å². The van der Waals surface area contributed by atoms with Crippen molar-refractivity contribution < 1.29 is 34.7 Å². The summed E-state index contributed by atoms with van der Waals surface area (Å²) in [5.74, 6) is 2.39. The first-order valence-corrected chi connectivity index (χ1v) is 18.8. The molecule has 0 amide bonds. The van der Waals surface area contributed by atoms with Crippen LogP contribution in [0.3, 0.4) is 0 Å². The van der Waals surface area contributed by atoms with Crippen LogP contribution in [0.5, 0.6) is 5.75 Å². The van der Waals surface area contributed by atoms with Crippen LogP contribution in [0, 0.1) is 23.2 Å². The highest BCUT2D eigenvalue weighted by atomic mass is 16.6. The fraction of sp³-hybridized carbons (Fsp3) is 0.684. The van der Waals surface area contributed by atoms with E-state index in [1.165, 1.54) is 41.2 Å². The van der Waals surface area contributed by atoms with Crippen molar-refractivity contribution in [3.05, 3.63) is 42.0 Å². The molecular weight excluding hydrogens is 638 g/mol. The van der Waals surface area contributed by atoms with Crippen LogP contribution in [-0.2, 0) is 20.7 Å². The van der Waals surface area contributed by atoms with Crippen LogP contribution in [0.1, 0.15) is 114 Å². The Labute approximate surface area is 293 Å². The third kappa shape index (κ3) is 6.71. The molecule has 3 aliphatic carbocycles. The van der Waals surface area contributed by atoms with Gasteiger partial charge in [0.2, 0.25) is 0 Å². The number of phenolic OH excluding ortho intramolecular Hbond substituents is 1. The van der Waals surface area contributed by atoms with Gasteiger partial charge in [0.1, 0.15) is 42.5 Å². The molecule has 10 atom stereocenters. The van der Waals surface area contributed by atoms with Gasteiger partial charge in [0.15, 0.2) is 17.7 Å². The van der Waals surface area contributed by atoms with Gasteiger partial charge in [-0.3, -0.25) is 9.36 Å². The molecule has 3 fully saturated rings. The zero-order valence-corrected chi connectivity index (χ0v) is 29.1. The fourth-order valence-corrected chi connectivity index (χ4v) is 9.96. The summed E-state index contributed by atoms with van der Waals surface area (Å²) in [6.45, 7) is 2.19. The minimum absolute atomic E-state index is 0.0239. The molecule has 12 heteroatoms. The molecule has 4 aliphatic rings. The number of rotatable bonds is 13. The van der Waals surface area contributed by atoms with Crippen molar-refractivity contribution in [3.8, 4) is 5.75 Å². The molecule has 3 aromatic rings. The lowest BCUT2D eigenvalue weighted by Gasteiger charge is -2.50. The average molecular weight is 692 g/mol. The van der Waals surface area contributed by atoms with E-state index >= 15 is 0 Å². The van der Waals surface area contributed by atoms with E-state index in [0.717, 1.165) is 70.6 Å². The fourth-order valence-electron chi connectivity index (χ4n) is 9.96. The lowest BCUT2D eigenvalue weighted by Crippen LogP contribution is -2.44. The number of aryl methyl sites for hydroxylation is 1. The Morgan fingerprint density at radius 3 is 2.64 bits per heavy atom. The third-order valence-electron chi connectivity index (χ3n) is 12.7. The number of ether oxygens (including phenoxy) is 2. The van der Waals surface area contributed by atoms with Crippen molar-refractivity contribution in [2.45, 2.75) is 133 Å². The van der Waals surface area contributed by atoms with Gasteiger partial charge in [-0.15, -0.1) is 0 Å². The van der Waals surface area contributed by atoms with Crippen molar-refractivity contribution >= 4 is 23.0 Å². The number of imidazole rings is 1. The Kier molecular flexibility index (Phi) is 10.3.